The minimum atomic E-state index is -0.895. The second-order valence-corrected chi connectivity index (χ2v) is 9.58. The quantitative estimate of drug-likeness (QED) is 0.373. The van der Waals surface area contributed by atoms with Gasteiger partial charge in [-0.1, -0.05) is 6.07 Å². The second-order valence-electron chi connectivity index (χ2n) is 9.58. The Balaban J connectivity index is 0.00000361. The molecule has 3 aromatic rings. The lowest BCUT2D eigenvalue weighted by atomic mass is 10.1. The van der Waals surface area contributed by atoms with Crippen molar-refractivity contribution in [3.05, 3.63) is 51.9 Å². The standard InChI is InChI=1S/C26H34N4O5.ClH/c1-15(2)35-26(33)23(17(4)31)27-11-18-5-6-22-21(10-18)29-24(20-9-16(3)25(32)28-12-20)30(22)13-19-7-8-34-14-19;/h5-6,9-10,12,15,17,19,23,27,31H,7-8,11,13-14H2,1-4H3,(H,28,32);1H/t17-,19?,23+;/m1./s1. The number of aliphatic hydroxyl groups excluding tert-OH is 1. The molecule has 3 N–H and O–H groups in total. The Kier molecular flexibility index (Phi) is 9.30. The highest BCUT2D eigenvalue weighted by atomic mass is 35.5. The van der Waals surface area contributed by atoms with Gasteiger partial charge in [-0.3, -0.25) is 14.9 Å². The molecule has 0 spiro atoms. The summed E-state index contributed by atoms with van der Waals surface area (Å²) in [4.78, 5) is 32.0. The zero-order valence-corrected chi connectivity index (χ0v) is 21.9. The van der Waals surface area contributed by atoms with Crippen LogP contribution in [0.1, 0.15) is 38.3 Å². The molecular formula is C26H35ClN4O5. The number of pyridine rings is 1. The molecule has 0 aliphatic carbocycles. The number of hydrogen-bond acceptors (Lipinski definition) is 7. The average Bonchev–Trinajstić information content (AvgIpc) is 3.43. The van der Waals surface area contributed by atoms with E-state index < -0.39 is 18.1 Å². The number of halogens is 1. The Labute approximate surface area is 216 Å². The molecule has 0 bridgehead atoms. The van der Waals surface area contributed by atoms with Crippen LogP contribution in [0.25, 0.3) is 22.4 Å². The molecule has 196 valence electrons. The highest BCUT2D eigenvalue weighted by Gasteiger charge is 2.26. The Morgan fingerprint density at radius 2 is 2.11 bits per heavy atom. The lowest BCUT2D eigenvalue weighted by Gasteiger charge is -2.21. The molecule has 3 atom stereocenters. The van der Waals surface area contributed by atoms with Crippen LogP contribution in [0.15, 0.2) is 35.3 Å². The monoisotopic (exact) mass is 518 g/mol. The van der Waals surface area contributed by atoms with Gasteiger partial charge in [-0.15, -0.1) is 12.4 Å². The van der Waals surface area contributed by atoms with Gasteiger partial charge >= 0.3 is 5.97 Å². The lowest BCUT2D eigenvalue weighted by molar-refractivity contribution is -0.152. The summed E-state index contributed by atoms with van der Waals surface area (Å²) in [5.41, 5.74) is 4.11. The Hall–Kier alpha value is -2.72. The second kappa shape index (κ2) is 12.0. The number of H-pyrrole nitrogens is 1. The normalized spacial score (nSPS) is 17.2. The molecule has 1 aromatic carbocycles. The number of benzene rings is 1. The number of aromatic amines is 1. The summed E-state index contributed by atoms with van der Waals surface area (Å²) < 4.78 is 13.0. The summed E-state index contributed by atoms with van der Waals surface area (Å²) in [7, 11) is 0. The number of esters is 1. The molecule has 0 saturated carbocycles. The van der Waals surface area contributed by atoms with Gasteiger partial charge in [0.05, 0.1) is 29.8 Å². The topological polar surface area (TPSA) is 118 Å². The van der Waals surface area contributed by atoms with Crippen molar-refractivity contribution in [2.45, 2.75) is 65.5 Å². The zero-order valence-electron chi connectivity index (χ0n) is 21.1. The van der Waals surface area contributed by atoms with Crippen molar-refractivity contribution in [3.63, 3.8) is 0 Å². The fourth-order valence-electron chi connectivity index (χ4n) is 4.39. The van der Waals surface area contributed by atoms with Crippen LogP contribution >= 0.6 is 12.4 Å². The van der Waals surface area contributed by atoms with E-state index in [-0.39, 0.29) is 24.1 Å². The van der Waals surface area contributed by atoms with E-state index in [9.17, 15) is 14.7 Å². The van der Waals surface area contributed by atoms with E-state index in [1.165, 1.54) is 0 Å². The number of nitrogens with one attached hydrogen (secondary N) is 2. The minimum absolute atomic E-state index is 0. The van der Waals surface area contributed by atoms with Gasteiger partial charge in [0, 0.05) is 42.9 Å². The molecule has 1 saturated heterocycles. The van der Waals surface area contributed by atoms with E-state index in [2.05, 4.69) is 14.9 Å². The summed E-state index contributed by atoms with van der Waals surface area (Å²) >= 11 is 0. The van der Waals surface area contributed by atoms with Crippen LogP contribution in [0.3, 0.4) is 0 Å². The summed E-state index contributed by atoms with van der Waals surface area (Å²) in [6.07, 6.45) is 1.55. The highest BCUT2D eigenvalue weighted by molar-refractivity contribution is 5.85. The first kappa shape index (κ1) is 27.9. The fourth-order valence-corrected chi connectivity index (χ4v) is 4.39. The summed E-state index contributed by atoms with van der Waals surface area (Å²) in [5, 5.41) is 13.2. The average molecular weight is 519 g/mol. The van der Waals surface area contributed by atoms with E-state index in [1.807, 2.05) is 24.3 Å². The van der Waals surface area contributed by atoms with Gasteiger partial charge in [-0.2, -0.15) is 0 Å². The van der Waals surface area contributed by atoms with E-state index in [0.29, 0.717) is 18.0 Å². The molecule has 3 heterocycles. The third-order valence-electron chi connectivity index (χ3n) is 6.24. The fraction of sp³-hybridized carbons (Fsp3) is 0.500. The van der Waals surface area contributed by atoms with Gasteiger partial charge in [0.25, 0.3) is 5.56 Å². The predicted molar refractivity (Wildman–Crippen MR) is 140 cm³/mol. The van der Waals surface area contributed by atoms with Gasteiger partial charge in [0.15, 0.2) is 0 Å². The first-order chi connectivity index (χ1) is 16.7. The molecule has 2 aromatic heterocycles. The molecule has 10 heteroatoms. The SMILES string of the molecule is Cc1cc(-c2nc3cc(CN[C@H](C(=O)OC(C)C)[C@@H](C)O)ccc3n2CC2CCOC2)c[nH]c1=O.Cl. The number of carbonyl (C=O) groups excluding carboxylic acids is 1. The first-order valence-electron chi connectivity index (χ1n) is 12.1. The summed E-state index contributed by atoms with van der Waals surface area (Å²) in [6.45, 7) is 9.54. The van der Waals surface area contributed by atoms with E-state index in [4.69, 9.17) is 14.5 Å². The van der Waals surface area contributed by atoms with Gasteiger partial charge in [-0.05, 0) is 57.9 Å². The van der Waals surface area contributed by atoms with Gasteiger partial charge in [0.2, 0.25) is 0 Å². The number of aromatic nitrogens is 3. The molecule has 36 heavy (non-hydrogen) atoms. The molecule has 4 rings (SSSR count). The third-order valence-corrected chi connectivity index (χ3v) is 6.24. The van der Waals surface area contributed by atoms with Crippen molar-refractivity contribution in [1.82, 2.24) is 19.9 Å². The Bertz CT molecular complexity index is 1250. The number of fused-ring (bicyclic) bond motifs is 1. The van der Waals surface area contributed by atoms with E-state index in [1.54, 1.807) is 33.9 Å². The summed E-state index contributed by atoms with van der Waals surface area (Å²) in [5.74, 6) is 0.712. The minimum Gasteiger partial charge on any atom is -0.462 e. The number of rotatable bonds is 9. The number of aryl methyl sites for hydroxylation is 1. The van der Waals surface area contributed by atoms with Crippen molar-refractivity contribution in [2.24, 2.45) is 5.92 Å². The van der Waals surface area contributed by atoms with Crippen molar-refractivity contribution in [2.75, 3.05) is 13.2 Å². The van der Waals surface area contributed by atoms with Crippen molar-refractivity contribution < 1.29 is 19.4 Å². The van der Waals surface area contributed by atoms with Crippen LogP contribution in [0.4, 0.5) is 0 Å². The molecule has 1 unspecified atom stereocenters. The lowest BCUT2D eigenvalue weighted by Crippen LogP contribution is -2.46. The number of hydrogen-bond donors (Lipinski definition) is 3. The number of imidazole rings is 1. The van der Waals surface area contributed by atoms with E-state index in [0.717, 1.165) is 54.2 Å². The smallest absolute Gasteiger partial charge is 0.326 e. The summed E-state index contributed by atoms with van der Waals surface area (Å²) in [6, 6.07) is 7.04. The maximum Gasteiger partial charge on any atom is 0.326 e. The Morgan fingerprint density at radius 3 is 2.75 bits per heavy atom. The first-order valence-corrected chi connectivity index (χ1v) is 12.1. The Morgan fingerprint density at radius 1 is 1.33 bits per heavy atom. The number of nitrogens with zero attached hydrogens (tertiary/aromatic N) is 2. The van der Waals surface area contributed by atoms with Gasteiger partial charge < -0.3 is 24.1 Å². The van der Waals surface area contributed by atoms with Crippen LogP contribution in [0.2, 0.25) is 0 Å². The third kappa shape index (κ3) is 6.34. The number of aliphatic hydroxyl groups is 1. The van der Waals surface area contributed by atoms with Crippen molar-refractivity contribution in [1.29, 1.82) is 0 Å². The van der Waals surface area contributed by atoms with E-state index >= 15 is 0 Å². The van der Waals surface area contributed by atoms with Crippen LogP contribution in [-0.4, -0.2) is 57.1 Å². The van der Waals surface area contributed by atoms with Crippen molar-refractivity contribution in [3.8, 4) is 11.4 Å². The maximum absolute atomic E-state index is 12.4. The van der Waals surface area contributed by atoms with Crippen LogP contribution in [0, 0.1) is 12.8 Å². The van der Waals surface area contributed by atoms with Crippen molar-refractivity contribution >= 4 is 29.4 Å². The molecule has 1 aliphatic rings. The number of ether oxygens (including phenoxy) is 2. The maximum atomic E-state index is 12.4. The van der Waals surface area contributed by atoms with Gasteiger partial charge in [-0.25, -0.2) is 4.98 Å². The number of carbonyl (C=O) groups is 1. The predicted octanol–water partition coefficient (Wildman–Crippen LogP) is 2.95. The molecule has 1 fully saturated rings. The molecular weight excluding hydrogens is 484 g/mol. The molecule has 1 aliphatic heterocycles. The molecule has 9 nitrogen and oxygen atoms in total. The van der Waals surface area contributed by atoms with Crippen LogP contribution in [-0.2, 0) is 27.4 Å². The van der Waals surface area contributed by atoms with Crippen LogP contribution in [0.5, 0.6) is 0 Å². The van der Waals surface area contributed by atoms with Crippen LogP contribution < -0.4 is 10.9 Å². The molecule has 0 amide bonds. The highest BCUT2D eigenvalue weighted by Crippen LogP contribution is 2.28. The van der Waals surface area contributed by atoms with Gasteiger partial charge in [0.1, 0.15) is 11.9 Å². The zero-order chi connectivity index (χ0) is 25.1. The molecule has 0 radical (unpaired) electrons. The largest absolute Gasteiger partial charge is 0.462 e.